The molecule has 158 valence electrons. The molecule has 0 saturated carbocycles. The van der Waals surface area contributed by atoms with Gasteiger partial charge in [-0.2, -0.15) is 0 Å². The largest absolute Gasteiger partial charge is 0.452 e. The smallest absolute Gasteiger partial charge is 0.338 e. The van der Waals surface area contributed by atoms with Crippen molar-refractivity contribution in [2.75, 3.05) is 19.7 Å². The minimum atomic E-state index is -0.581. The maximum absolute atomic E-state index is 12.5. The van der Waals surface area contributed by atoms with Gasteiger partial charge in [-0.3, -0.25) is 9.59 Å². The number of esters is 1. The highest BCUT2D eigenvalue weighted by atomic mass is 16.5. The Hall–Kier alpha value is -2.70. The first-order chi connectivity index (χ1) is 13.6. The summed E-state index contributed by atoms with van der Waals surface area (Å²) < 4.78 is 6.88. The van der Waals surface area contributed by atoms with Crippen LogP contribution in [0, 0.1) is 18.8 Å². The van der Waals surface area contributed by atoms with Gasteiger partial charge in [-0.15, -0.1) is 0 Å². The Kier molecular flexibility index (Phi) is 7.53. The number of ether oxygens (including phenoxy) is 1. The predicted molar refractivity (Wildman–Crippen MR) is 113 cm³/mol. The van der Waals surface area contributed by atoms with Crippen LogP contribution in [-0.4, -0.2) is 46.0 Å². The Bertz CT molecular complexity index is 937. The van der Waals surface area contributed by atoms with Gasteiger partial charge in [-0.05, 0) is 43.9 Å². The molecule has 0 aliphatic rings. The number of rotatable bonds is 8. The van der Waals surface area contributed by atoms with Crippen molar-refractivity contribution in [3.8, 4) is 0 Å². The first kappa shape index (κ1) is 22.6. The van der Waals surface area contributed by atoms with Crippen molar-refractivity contribution in [2.45, 2.75) is 48.1 Å². The number of nitrogens with zero attached hydrogens (tertiary/aromatic N) is 3. The molecule has 0 atom stereocenters. The van der Waals surface area contributed by atoms with Crippen molar-refractivity contribution in [1.29, 1.82) is 0 Å². The van der Waals surface area contributed by atoms with Gasteiger partial charge in [0.25, 0.3) is 11.5 Å². The van der Waals surface area contributed by atoms with Gasteiger partial charge >= 0.3 is 5.97 Å². The molecule has 29 heavy (non-hydrogen) atoms. The molecule has 0 N–H and O–H groups in total. The summed E-state index contributed by atoms with van der Waals surface area (Å²) in [5, 5.41) is 0. The Morgan fingerprint density at radius 3 is 2.31 bits per heavy atom. The summed E-state index contributed by atoms with van der Waals surface area (Å²) in [7, 11) is 0. The van der Waals surface area contributed by atoms with Gasteiger partial charge in [0.2, 0.25) is 0 Å². The molecule has 0 unspecified atom stereocenters. The summed E-state index contributed by atoms with van der Waals surface area (Å²) in [4.78, 5) is 43.2. The molecular formula is C22H31N3O4. The first-order valence-corrected chi connectivity index (χ1v) is 10.1. The molecule has 1 heterocycles. The van der Waals surface area contributed by atoms with E-state index >= 15 is 0 Å². The third kappa shape index (κ3) is 5.65. The van der Waals surface area contributed by atoms with Crippen molar-refractivity contribution in [3.63, 3.8) is 0 Å². The highest BCUT2D eigenvalue weighted by Gasteiger charge is 2.19. The number of hydrogen-bond acceptors (Lipinski definition) is 5. The molecule has 2 aromatic rings. The number of carbonyl (C=O) groups is 2. The molecule has 2 rings (SSSR count). The molecule has 0 aliphatic heterocycles. The molecule has 0 fully saturated rings. The molecular weight excluding hydrogens is 370 g/mol. The second-order valence-corrected chi connectivity index (χ2v) is 8.11. The Labute approximate surface area is 171 Å². The van der Waals surface area contributed by atoms with E-state index in [0.717, 1.165) is 0 Å². The summed E-state index contributed by atoms with van der Waals surface area (Å²) in [6.07, 6.45) is 0. The normalized spacial score (nSPS) is 11.3. The van der Waals surface area contributed by atoms with E-state index in [1.807, 2.05) is 34.6 Å². The number of hydrogen-bond donors (Lipinski definition) is 0. The van der Waals surface area contributed by atoms with Crippen LogP contribution < -0.4 is 5.56 Å². The second-order valence-electron chi connectivity index (χ2n) is 8.11. The zero-order valence-electron chi connectivity index (χ0n) is 18.2. The Morgan fingerprint density at radius 1 is 1.14 bits per heavy atom. The molecule has 0 aliphatic carbocycles. The molecule has 0 spiro atoms. The number of aromatic nitrogens is 2. The number of benzene rings is 1. The molecule has 1 aromatic carbocycles. The van der Waals surface area contributed by atoms with E-state index in [9.17, 15) is 14.4 Å². The summed E-state index contributed by atoms with van der Waals surface area (Å²) in [6.45, 7) is 13.2. The molecule has 1 amide bonds. The quantitative estimate of drug-likeness (QED) is 0.635. The van der Waals surface area contributed by atoms with Crippen LogP contribution in [0.5, 0.6) is 0 Å². The summed E-state index contributed by atoms with van der Waals surface area (Å²) in [5.41, 5.74) is 1.74. The van der Waals surface area contributed by atoms with Crippen molar-refractivity contribution >= 4 is 22.9 Å². The van der Waals surface area contributed by atoms with Crippen LogP contribution in [0.1, 0.15) is 50.7 Å². The zero-order valence-corrected chi connectivity index (χ0v) is 18.2. The van der Waals surface area contributed by atoms with E-state index in [1.54, 1.807) is 34.6 Å². The SMILES string of the molecule is CCn1c(=O)c(C)nc2cc(C(=O)OCC(=O)N(CC(C)C)CC(C)C)ccc21. The third-order valence-corrected chi connectivity index (χ3v) is 4.51. The van der Waals surface area contributed by atoms with Gasteiger partial charge < -0.3 is 14.2 Å². The van der Waals surface area contributed by atoms with Crippen LogP contribution in [0.2, 0.25) is 0 Å². The van der Waals surface area contributed by atoms with Crippen molar-refractivity contribution in [2.24, 2.45) is 11.8 Å². The maximum atomic E-state index is 12.5. The minimum absolute atomic E-state index is 0.142. The van der Waals surface area contributed by atoms with Gasteiger partial charge in [0.05, 0.1) is 16.6 Å². The summed E-state index contributed by atoms with van der Waals surface area (Å²) in [6, 6.07) is 4.88. The van der Waals surface area contributed by atoms with Gasteiger partial charge in [-0.25, -0.2) is 9.78 Å². The van der Waals surface area contributed by atoms with Crippen LogP contribution in [0.3, 0.4) is 0 Å². The maximum Gasteiger partial charge on any atom is 0.338 e. The Balaban J connectivity index is 2.16. The van der Waals surface area contributed by atoms with E-state index in [1.165, 1.54) is 0 Å². The fraction of sp³-hybridized carbons (Fsp3) is 0.545. The van der Waals surface area contributed by atoms with E-state index in [2.05, 4.69) is 4.98 Å². The van der Waals surface area contributed by atoms with Crippen LogP contribution in [-0.2, 0) is 16.1 Å². The lowest BCUT2D eigenvalue weighted by atomic mass is 10.1. The number of carbonyl (C=O) groups excluding carboxylic acids is 2. The molecule has 0 radical (unpaired) electrons. The van der Waals surface area contributed by atoms with Gasteiger partial charge in [0, 0.05) is 19.6 Å². The third-order valence-electron chi connectivity index (χ3n) is 4.51. The second kappa shape index (κ2) is 9.67. The van der Waals surface area contributed by atoms with E-state index in [0.29, 0.717) is 53.8 Å². The predicted octanol–water partition coefficient (Wildman–Crippen LogP) is 3.02. The number of amides is 1. The van der Waals surface area contributed by atoms with Gasteiger partial charge in [-0.1, -0.05) is 27.7 Å². The average molecular weight is 402 g/mol. The first-order valence-electron chi connectivity index (χ1n) is 10.1. The minimum Gasteiger partial charge on any atom is -0.452 e. The fourth-order valence-electron chi connectivity index (χ4n) is 3.28. The lowest BCUT2D eigenvalue weighted by Crippen LogP contribution is -2.39. The van der Waals surface area contributed by atoms with Gasteiger partial charge in [0.15, 0.2) is 6.61 Å². The Morgan fingerprint density at radius 2 is 1.76 bits per heavy atom. The highest BCUT2D eigenvalue weighted by Crippen LogP contribution is 2.14. The fourth-order valence-corrected chi connectivity index (χ4v) is 3.28. The molecule has 0 saturated heterocycles. The highest BCUT2D eigenvalue weighted by molar-refractivity contribution is 5.94. The van der Waals surface area contributed by atoms with E-state index < -0.39 is 5.97 Å². The molecule has 7 heteroatoms. The number of fused-ring (bicyclic) bond motifs is 1. The molecule has 1 aromatic heterocycles. The monoisotopic (exact) mass is 401 g/mol. The van der Waals surface area contributed by atoms with Crippen LogP contribution in [0.25, 0.3) is 11.0 Å². The van der Waals surface area contributed by atoms with E-state index in [4.69, 9.17) is 4.74 Å². The lowest BCUT2D eigenvalue weighted by molar-refractivity contribution is -0.135. The van der Waals surface area contributed by atoms with E-state index in [-0.39, 0.29) is 18.1 Å². The molecule has 7 nitrogen and oxygen atoms in total. The van der Waals surface area contributed by atoms with Crippen LogP contribution in [0.15, 0.2) is 23.0 Å². The average Bonchev–Trinajstić information content (AvgIpc) is 2.65. The summed E-state index contributed by atoms with van der Waals surface area (Å²) in [5.74, 6) is -0.114. The van der Waals surface area contributed by atoms with Crippen LogP contribution >= 0.6 is 0 Å². The van der Waals surface area contributed by atoms with Crippen molar-refractivity contribution in [3.05, 3.63) is 39.8 Å². The number of aryl methyl sites for hydroxylation is 2. The standard InChI is InChI=1S/C22H31N3O4/c1-7-25-19-9-8-17(10-18(19)23-16(6)21(25)27)22(28)29-13-20(26)24(11-14(2)3)12-15(4)5/h8-10,14-15H,7,11-13H2,1-6H3. The lowest BCUT2D eigenvalue weighted by Gasteiger charge is -2.26. The topological polar surface area (TPSA) is 81.5 Å². The van der Waals surface area contributed by atoms with Gasteiger partial charge in [0.1, 0.15) is 5.69 Å². The van der Waals surface area contributed by atoms with Crippen molar-refractivity contribution in [1.82, 2.24) is 14.5 Å². The zero-order chi connectivity index (χ0) is 21.7. The molecule has 0 bridgehead atoms. The van der Waals surface area contributed by atoms with Crippen molar-refractivity contribution < 1.29 is 14.3 Å². The summed E-state index contributed by atoms with van der Waals surface area (Å²) >= 11 is 0. The van der Waals surface area contributed by atoms with Crippen LogP contribution in [0.4, 0.5) is 0 Å².